The van der Waals surface area contributed by atoms with Crippen LogP contribution >= 0.6 is 11.3 Å². The minimum Gasteiger partial charge on any atom is -0.467 e. The number of carbonyl (C=O) groups excluding carboxylic acids is 2. The van der Waals surface area contributed by atoms with Gasteiger partial charge in [-0.05, 0) is 35.9 Å². The summed E-state index contributed by atoms with van der Waals surface area (Å²) in [5.74, 6) is 0.0376. The van der Waals surface area contributed by atoms with Crippen LogP contribution in [0.1, 0.15) is 24.3 Å². The summed E-state index contributed by atoms with van der Waals surface area (Å²) < 4.78 is 10.7. The smallest absolute Gasteiger partial charge is 0.338 e. The minimum atomic E-state index is -0.665. The summed E-state index contributed by atoms with van der Waals surface area (Å²) in [7, 11) is 2.02. The Morgan fingerprint density at radius 2 is 2.23 bits per heavy atom. The van der Waals surface area contributed by atoms with Crippen molar-refractivity contribution in [3.8, 4) is 0 Å². The van der Waals surface area contributed by atoms with E-state index in [0.717, 1.165) is 11.4 Å². The molecule has 0 spiro atoms. The first-order valence-electron chi connectivity index (χ1n) is 8.42. The lowest BCUT2D eigenvalue weighted by Gasteiger charge is -2.28. The fraction of sp³-hybridized carbons (Fsp3) is 0.333. The molecule has 2 amide bonds. The highest BCUT2D eigenvalue weighted by molar-refractivity contribution is 7.07. The van der Waals surface area contributed by atoms with Crippen LogP contribution in [-0.4, -0.2) is 32.2 Å². The van der Waals surface area contributed by atoms with Gasteiger partial charge in [-0.2, -0.15) is 11.3 Å². The molecule has 0 saturated carbocycles. The molecule has 1 unspecified atom stereocenters. The number of rotatable bonds is 7. The third-order valence-electron chi connectivity index (χ3n) is 4.04. The zero-order valence-electron chi connectivity index (χ0n) is 14.7. The van der Waals surface area contributed by atoms with Crippen molar-refractivity contribution < 1.29 is 23.6 Å². The highest BCUT2D eigenvalue weighted by Crippen LogP contribution is 2.27. The van der Waals surface area contributed by atoms with Gasteiger partial charge in [0.2, 0.25) is 0 Å². The van der Waals surface area contributed by atoms with Gasteiger partial charge in [-0.1, -0.05) is 0 Å². The van der Waals surface area contributed by atoms with Crippen molar-refractivity contribution in [3.05, 3.63) is 57.8 Å². The molecule has 1 aliphatic heterocycles. The number of hydrogen-bond acceptors (Lipinski definition) is 5. The van der Waals surface area contributed by atoms with E-state index in [0.29, 0.717) is 23.6 Å². The van der Waals surface area contributed by atoms with E-state index in [-0.39, 0.29) is 12.6 Å². The third-order valence-corrected chi connectivity index (χ3v) is 4.77. The maximum absolute atomic E-state index is 12.6. The summed E-state index contributed by atoms with van der Waals surface area (Å²) in [4.78, 5) is 25.9. The Kier molecular flexibility index (Phi) is 5.75. The SMILES string of the molecule is CCOC(=O)C1=C(C[NH+](C)Cc2ccsc2)NC(=O)N[C@@H]1c1ccco1. The molecule has 2 aromatic rings. The van der Waals surface area contributed by atoms with E-state index in [4.69, 9.17) is 9.15 Å². The Morgan fingerprint density at radius 3 is 2.88 bits per heavy atom. The Hall–Kier alpha value is -2.58. The van der Waals surface area contributed by atoms with Crippen LogP contribution in [0.3, 0.4) is 0 Å². The zero-order valence-corrected chi connectivity index (χ0v) is 15.5. The molecule has 3 rings (SSSR count). The normalized spacial score (nSPS) is 18.2. The molecule has 2 aromatic heterocycles. The summed E-state index contributed by atoms with van der Waals surface area (Å²) >= 11 is 1.65. The van der Waals surface area contributed by atoms with Crippen molar-refractivity contribution in [1.82, 2.24) is 10.6 Å². The van der Waals surface area contributed by atoms with E-state index < -0.39 is 12.0 Å². The molecule has 0 saturated heterocycles. The van der Waals surface area contributed by atoms with Crippen molar-refractivity contribution in [1.29, 1.82) is 0 Å². The lowest BCUT2D eigenvalue weighted by Crippen LogP contribution is -3.08. The number of likely N-dealkylation sites (N-methyl/N-ethyl adjacent to an activating group) is 1. The van der Waals surface area contributed by atoms with Crippen molar-refractivity contribution in [2.45, 2.75) is 19.5 Å². The van der Waals surface area contributed by atoms with Crippen LogP contribution in [0.25, 0.3) is 0 Å². The number of urea groups is 1. The second-order valence-corrected chi connectivity index (χ2v) is 6.88. The molecule has 138 valence electrons. The average Bonchev–Trinajstić information content (AvgIpc) is 3.27. The van der Waals surface area contributed by atoms with Crippen molar-refractivity contribution in [3.63, 3.8) is 0 Å². The number of ether oxygens (including phenoxy) is 1. The third kappa shape index (κ3) is 4.14. The molecule has 0 fully saturated rings. The molecule has 8 heteroatoms. The van der Waals surface area contributed by atoms with E-state index >= 15 is 0 Å². The summed E-state index contributed by atoms with van der Waals surface area (Å²) in [5.41, 5.74) is 2.15. The van der Waals surface area contributed by atoms with Crippen molar-refractivity contribution >= 4 is 23.3 Å². The number of furan rings is 1. The van der Waals surface area contributed by atoms with Gasteiger partial charge in [-0.15, -0.1) is 0 Å². The van der Waals surface area contributed by atoms with E-state index in [9.17, 15) is 9.59 Å². The van der Waals surface area contributed by atoms with Gasteiger partial charge >= 0.3 is 12.0 Å². The van der Waals surface area contributed by atoms with Gasteiger partial charge in [0.15, 0.2) is 0 Å². The molecule has 26 heavy (non-hydrogen) atoms. The molecule has 0 radical (unpaired) electrons. The van der Waals surface area contributed by atoms with Crippen molar-refractivity contribution in [2.24, 2.45) is 0 Å². The van der Waals surface area contributed by atoms with Crippen LogP contribution in [0.4, 0.5) is 4.79 Å². The number of thiophene rings is 1. The second-order valence-electron chi connectivity index (χ2n) is 6.10. The molecule has 0 aliphatic carbocycles. The topological polar surface area (TPSA) is 85.0 Å². The van der Waals surface area contributed by atoms with Crippen LogP contribution in [0.5, 0.6) is 0 Å². The Bertz CT molecular complexity index is 783. The highest BCUT2D eigenvalue weighted by Gasteiger charge is 2.36. The van der Waals surface area contributed by atoms with Crippen LogP contribution in [0.2, 0.25) is 0 Å². The lowest BCUT2D eigenvalue weighted by atomic mass is 10.00. The molecule has 0 bridgehead atoms. The van der Waals surface area contributed by atoms with E-state index in [1.165, 1.54) is 11.8 Å². The largest absolute Gasteiger partial charge is 0.467 e. The molecule has 3 heterocycles. The summed E-state index contributed by atoms with van der Waals surface area (Å²) in [5, 5.41) is 9.65. The van der Waals surface area contributed by atoms with Gasteiger partial charge in [-0.25, -0.2) is 9.59 Å². The van der Waals surface area contributed by atoms with Gasteiger partial charge in [0.1, 0.15) is 24.9 Å². The van der Waals surface area contributed by atoms with Crippen LogP contribution in [0, 0.1) is 0 Å². The molecular formula is C18H22N3O4S+. The van der Waals surface area contributed by atoms with Crippen LogP contribution in [0.15, 0.2) is 50.9 Å². The maximum atomic E-state index is 12.6. The van der Waals surface area contributed by atoms with Crippen LogP contribution < -0.4 is 15.5 Å². The summed E-state index contributed by atoms with van der Waals surface area (Å²) in [6.07, 6.45) is 1.51. The molecule has 7 nitrogen and oxygen atoms in total. The van der Waals surface area contributed by atoms with Crippen molar-refractivity contribution in [2.75, 3.05) is 20.2 Å². The predicted molar refractivity (Wildman–Crippen MR) is 96.6 cm³/mol. The molecule has 0 aromatic carbocycles. The van der Waals surface area contributed by atoms with Gasteiger partial charge in [-0.3, -0.25) is 0 Å². The van der Waals surface area contributed by atoms with E-state index in [1.54, 1.807) is 30.4 Å². The van der Waals surface area contributed by atoms with Gasteiger partial charge in [0, 0.05) is 5.56 Å². The minimum absolute atomic E-state index is 0.256. The molecule has 2 atom stereocenters. The monoisotopic (exact) mass is 376 g/mol. The van der Waals surface area contributed by atoms with Gasteiger partial charge in [0.05, 0.1) is 31.2 Å². The first-order chi connectivity index (χ1) is 12.6. The highest BCUT2D eigenvalue weighted by atomic mass is 32.1. The summed E-state index contributed by atoms with van der Waals surface area (Å²) in [6.45, 7) is 3.28. The van der Waals surface area contributed by atoms with Crippen LogP contribution in [-0.2, 0) is 16.1 Å². The average molecular weight is 376 g/mol. The number of carbonyl (C=O) groups is 2. The molecule has 1 aliphatic rings. The molecule has 3 N–H and O–H groups in total. The quantitative estimate of drug-likeness (QED) is 0.635. The fourth-order valence-electron chi connectivity index (χ4n) is 2.98. The van der Waals surface area contributed by atoms with Gasteiger partial charge in [0.25, 0.3) is 0 Å². The first-order valence-corrected chi connectivity index (χ1v) is 9.36. The lowest BCUT2D eigenvalue weighted by molar-refractivity contribution is -0.889. The fourth-order valence-corrected chi connectivity index (χ4v) is 3.65. The zero-order chi connectivity index (χ0) is 18.5. The Morgan fingerprint density at radius 1 is 1.38 bits per heavy atom. The maximum Gasteiger partial charge on any atom is 0.338 e. The molecular weight excluding hydrogens is 354 g/mol. The predicted octanol–water partition coefficient (Wildman–Crippen LogP) is 1.23. The second kappa shape index (κ2) is 8.20. The number of quaternary nitrogens is 1. The Balaban J connectivity index is 1.90. The summed E-state index contributed by atoms with van der Waals surface area (Å²) in [6, 6.07) is 4.50. The number of hydrogen-bond donors (Lipinski definition) is 3. The van der Waals surface area contributed by atoms with E-state index in [2.05, 4.69) is 22.1 Å². The first kappa shape index (κ1) is 18.2. The Labute approximate surface area is 155 Å². The number of nitrogens with one attached hydrogen (secondary N) is 3. The number of esters is 1. The standard InChI is InChI=1S/C18H21N3O4S/c1-3-24-17(22)15-13(10-21(2)9-12-6-8-26-11-12)19-18(23)20-16(15)14-5-4-7-25-14/h4-8,11,16H,3,9-10H2,1-2H3,(H2,19,20,23)/p+1/t16-/m1/s1. The number of amides is 2. The van der Waals surface area contributed by atoms with Gasteiger partial charge < -0.3 is 24.7 Å². The van der Waals surface area contributed by atoms with E-state index in [1.807, 2.05) is 12.4 Å².